The number of hydrogen-bond donors (Lipinski definition) is 3. The van der Waals surface area contributed by atoms with Crippen LogP contribution < -0.4 is 25.4 Å². The number of carbonyl (C=O) groups is 2. The van der Waals surface area contributed by atoms with E-state index in [-0.39, 0.29) is 11.7 Å². The molecule has 1 aromatic heterocycles. The Morgan fingerprint density at radius 1 is 1.21 bits per heavy atom. The van der Waals surface area contributed by atoms with E-state index in [9.17, 15) is 9.59 Å². The minimum atomic E-state index is -0.456. The molecular formula is C20H25N3O5. The van der Waals surface area contributed by atoms with Crippen molar-refractivity contribution in [2.75, 3.05) is 39.2 Å². The van der Waals surface area contributed by atoms with Gasteiger partial charge < -0.3 is 29.8 Å². The highest BCUT2D eigenvalue weighted by molar-refractivity contribution is 6.08. The van der Waals surface area contributed by atoms with E-state index in [0.29, 0.717) is 35.2 Å². The molecule has 1 atom stereocenters. The molecule has 3 rings (SSSR count). The predicted molar refractivity (Wildman–Crippen MR) is 104 cm³/mol. The van der Waals surface area contributed by atoms with Crippen LogP contribution in [0.2, 0.25) is 0 Å². The zero-order chi connectivity index (χ0) is 19.9. The highest BCUT2D eigenvalue weighted by atomic mass is 16.5. The van der Waals surface area contributed by atoms with E-state index in [1.165, 1.54) is 20.5 Å². The minimum Gasteiger partial charge on any atom is -0.493 e. The lowest BCUT2D eigenvalue weighted by molar-refractivity contribution is 0.0945. The summed E-state index contributed by atoms with van der Waals surface area (Å²) in [5.74, 6) is 0.603. The molecule has 0 aliphatic carbocycles. The van der Waals surface area contributed by atoms with E-state index >= 15 is 0 Å². The number of ether oxygens (including phenoxy) is 2. The van der Waals surface area contributed by atoms with Crippen molar-refractivity contribution in [1.29, 1.82) is 0 Å². The van der Waals surface area contributed by atoms with E-state index in [1.807, 2.05) is 0 Å². The zero-order valence-electron chi connectivity index (χ0n) is 16.0. The van der Waals surface area contributed by atoms with Gasteiger partial charge in [0.25, 0.3) is 11.8 Å². The van der Waals surface area contributed by atoms with E-state index in [1.54, 1.807) is 24.3 Å². The molecule has 8 nitrogen and oxygen atoms in total. The molecular weight excluding hydrogens is 362 g/mol. The fourth-order valence-electron chi connectivity index (χ4n) is 3.19. The maximum atomic E-state index is 12.8. The van der Waals surface area contributed by atoms with Crippen molar-refractivity contribution >= 4 is 17.5 Å². The minimum absolute atomic E-state index is 0.148. The standard InChI is InChI=1S/C20H25N3O5/c1-26-17-9-14(19(24)22-12-13-5-3-7-21-11-13)15(10-18(17)27-2)23-20(25)16-6-4-8-28-16/h4,6,8-10,13,21H,3,5,7,11-12H2,1-2H3,(H,22,24)(H,23,25). The average Bonchev–Trinajstić information content (AvgIpc) is 3.27. The highest BCUT2D eigenvalue weighted by Gasteiger charge is 2.21. The lowest BCUT2D eigenvalue weighted by Crippen LogP contribution is -2.38. The second-order valence-corrected chi connectivity index (χ2v) is 6.61. The number of amides is 2. The topological polar surface area (TPSA) is 102 Å². The number of benzene rings is 1. The molecule has 2 heterocycles. The Balaban J connectivity index is 1.81. The monoisotopic (exact) mass is 387 g/mol. The normalized spacial score (nSPS) is 16.3. The summed E-state index contributed by atoms with van der Waals surface area (Å²) in [5, 5.41) is 9.00. The van der Waals surface area contributed by atoms with E-state index in [4.69, 9.17) is 13.9 Å². The molecule has 1 aromatic carbocycles. The number of piperidine rings is 1. The zero-order valence-corrected chi connectivity index (χ0v) is 16.0. The van der Waals surface area contributed by atoms with Crippen LogP contribution >= 0.6 is 0 Å². The first-order chi connectivity index (χ1) is 13.6. The van der Waals surface area contributed by atoms with Gasteiger partial charge in [0.1, 0.15) is 0 Å². The van der Waals surface area contributed by atoms with Crippen LogP contribution in [0.5, 0.6) is 11.5 Å². The van der Waals surface area contributed by atoms with Gasteiger partial charge in [-0.05, 0) is 50.0 Å². The molecule has 28 heavy (non-hydrogen) atoms. The van der Waals surface area contributed by atoms with E-state index < -0.39 is 5.91 Å². The molecule has 1 aliphatic heterocycles. The Bertz CT molecular complexity index is 813. The molecule has 0 radical (unpaired) electrons. The highest BCUT2D eigenvalue weighted by Crippen LogP contribution is 2.33. The molecule has 150 valence electrons. The third-order valence-corrected chi connectivity index (χ3v) is 4.71. The van der Waals surface area contributed by atoms with Gasteiger partial charge in [-0.1, -0.05) is 0 Å². The van der Waals surface area contributed by atoms with Gasteiger partial charge in [-0.15, -0.1) is 0 Å². The fraction of sp³-hybridized carbons (Fsp3) is 0.400. The molecule has 1 aliphatic rings. The van der Waals surface area contributed by atoms with Crippen LogP contribution in [-0.2, 0) is 0 Å². The van der Waals surface area contributed by atoms with E-state index in [0.717, 1.165) is 25.9 Å². The number of furan rings is 1. The number of rotatable bonds is 7. The Hall–Kier alpha value is -3.00. The predicted octanol–water partition coefficient (Wildman–Crippen LogP) is 2.28. The Kier molecular flexibility index (Phi) is 6.54. The summed E-state index contributed by atoms with van der Waals surface area (Å²) in [5.41, 5.74) is 0.611. The second kappa shape index (κ2) is 9.27. The van der Waals surface area contributed by atoms with Crippen molar-refractivity contribution in [2.45, 2.75) is 12.8 Å². The van der Waals surface area contributed by atoms with Crippen molar-refractivity contribution in [3.63, 3.8) is 0 Å². The first-order valence-electron chi connectivity index (χ1n) is 9.22. The van der Waals surface area contributed by atoms with Gasteiger partial charge in [0.2, 0.25) is 0 Å². The maximum Gasteiger partial charge on any atom is 0.291 e. The quantitative estimate of drug-likeness (QED) is 0.674. The lowest BCUT2D eigenvalue weighted by atomic mass is 9.99. The fourth-order valence-corrected chi connectivity index (χ4v) is 3.19. The van der Waals surface area contributed by atoms with Gasteiger partial charge in [0.15, 0.2) is 17.3 Å². The Morgan fingerprint density at radius 3 is 2.64 bits per heavy atom. The van der Waals surface area contributed by atoms with Crippen LogP contribution in [0.1, 0.15) is 33.8 Å². The summed E-state index contributed by atoms with van der Waals surface area (Å²) in [6, 6.07) is 6.29. The molecule has 8 heteroatoms. The molecule has 1 unspecified atom stereocenters. The van der Waals surface area contributed by atoms with Crippen molar-refractivity contribution in [3.8, 4) is 11.5 Å². The SMILES string of the molecule is COc1cc(NC(=O)c2ccco2)c(C(=O)NCC2CCCNC2)cc1OC. The maximum absolute atomic E-state index is 12.8. The Labute approximate surface area is 163 Å². The number of carbonyl (C=O) groups excluding carboxylic acids is 2. The third-order valence-electron chi connectivity index (χ3n) is 4.71. The van der Waals surface area contributed by atoms with Gasteiger partial charge in [-0.2, -0.15) is 0 Å². The summed E-state index contributed by atoms with van der Waals surface area (Å²) < 4.78 is 15.7. The summed E-state index contributed by atoms with van der Waals surface area (Å²) in [4.78, 5) is 25.2. The van der Waals surface area contributed by atoms with Gasteiger partial charge in [-0.3, -0.25) is 9.59 Å². The summed E-state index contributed by atoms with van der Waals surface area (Å²) in [7, 11) is 2.99. The van der Waals surface area contributed by atoms with Gasteiger partial charge >= 0.3 is 0 Å². The van der Waals surface area contributed by atoms with Crippen LogP contribution in [0, 0.1) is 5.92 Å². The first kappa shape index (κ1) is 19.8. The number of methoxy groups -OCH3 is 2. The first-order valence-corrected chi connectivity index (χ1v) is 9.22. The average molecular weight is 387 g/mol. The molecule has 1 saturated heterocycles. The molecule has 0 spiro atoms. The lowest BCUT2D eigenvalue weighted by Gasteiger charge is -2.23. The molecule has 2 aromatic rings. The van der Waals surface area contributed by atoms with Gasteiger partial charge in [0, 0.05) is 12.6 Å². The number of anilines is 1. The molecule has 1 fully saturated rings. The van der Waals surface area contributed by atoms with E-state index in [2.05, 4.69) is 16.0 Å². The molecule has 3 N–H and O–H groups in total. The second-order valence-electron chi connectivity index (χ2n) is 6.61. The molecule has 2 amide bonds. The molecule has 0 saturated carbocycles. The van der Waals surface area contributed by atoms with Crippen LogP contribution in [0.25, 0.3) is 0 Å². The van der Waals surface area contributed by atoms with Crippen molar-refractivity contribution < 1.29 is 23.5 Å². The summed E-state index contributed by atoms with van der Waals surface area (Å²) in [6.45, 7) is 2.46. The van der Waals surface area contributed by atoms with Crippen LogP contribution in [0.4, 0.5) is 5.69 Å². The van der Waals surface area contributed by atoms with Crippen LogP contribution in [0.15, 0.2) is 34.9 Å². The largest absolute Gasteiger partial charge is 0.493 e. The number of hydrogen-bond acceptors (Lipinski definition) is 6. The third kappa shape index (κ3) is 4.64. The molecule has 0 bridgehead atoms. The van der Waals surface area contributed by atoms with Crippen molar-refractivity contribution in [1.82, 2.24) is 10.6 Å². The van der Waals surface area contributed by atoms with Crippen molar-refractivity contribution in [2.24, 2.45) is 5.92 Å². The summed E-state index contributed by atoms with van der Waals surface area (Å²) >= 11 is 0. The van der Waals surface area contributed by atoms with Gasteiger partial charge in [0.05, 0.1) is 31.7 Å². The Morgan fingerprint density at radius 2 is 2.00 bits per heavy atom. The van der Waals surface area contributed by atoms with Crippen molar-refractivity contribution in [3.05, 3.63) is 41.9 Å². The summed E-state index contributed by atoms with van der Waals surface area (Å²) in [6.07, 6.45) is 3.58. The van der Waals surface area contributed by atoms with Gasteiger partial charge in [-0.25, -0.2) is 0 Å². The van der Waals surface area contributed by atoms with Crippen LogP contribution in [-0.4, -0.2) is 45.7 Å². The van der Waals surface area contributed by atoms with Crippen LogP contribution in [0.3, 0.4) is 0 Å². The number of nitrogens with one attached hydrogen (secondary N) is 3. The smallest absolute Gasteiger partial charge is 0.291 e.